The van der Waals surface area contributed by atoms with Crippen LogP contribution in [0.4, 0.5) is 0 Å². The second-order valence-corrected chi connectivity index (χ2v) is 15.6. The molecule has 0 rings (SSSR count). The minimum Gasteiger partial charge on any atom is -0.545 e. The summed E-state index contributed by atoms with van der Waals surface area (Å²) in [5.74, 6) is -2.43. The standard InChI is InChI=1S/C52H81NO8/c1-6-8-10-12-14-16-18-20-22-24-25-27-29-31-33-35-37-39-41-43-50(55)61-48(47-60-52(51(56)57)58-45-44-53(3,4)5)46-59-49(54)42-40-38-36-34-32-30-28-26-23-21-19-17-15-13-11-9-7-2/h8-11,14-17,20-23,25,27-28,30-31,33-34,36,48,52H,6-7,12-13,18-19,24,26,29,32,35,37-47H2,1-5H3/b10-8-,11-9-,16-14-,17-15-,22-20-,23-21-,27-25-,30-28-,33-31-,36-34-. The highest BCUT2D eigenvalue weighted by Crippen LogP contribution is 2.10. The van der Waals surface area contributed by atoms with Crippen molar-refractivity contribution in [3.8, 4) is 0 Å². The van der Waals surface area contributed by atoms with Gasteiger partial charge in [-0.05, 0) is 96.3 Å². The van der Waals surface area contributed by atoms with Crippen molar-refractivity contribution < 1.29 is 42.9 Å². The first kappa shape index (κ1) is 56.7. The van der Waals surface area contributed by atoms with E-state index in [2.05, 4.69) is 129 Å². The molecule has 0 bridgehead atoms. The highest BCUT2D eigenvalue weighted by molar-refractivity contribution is 5.70. The summed E-state index contributed by atoms with van der Waals surface area (Å²) in [6, 6.07) is 0. The number of hydrogen-bond donors (Lipinski definition) is 0. The third-order valence-electron chi connectivity index (χ3n) is 8.70. The third-order valence-corrected chi connectivity index (χ3v) is 8.70. The number of carboxylic acid groups (broad SMARTS) is 1. The summed E-state index contributed by atoms with van der Waals surface area (Å²) in [5, 5.41) is 11.7. The van der Waals surface area contributed by atoms with Gasteiger partial charge in [0.2, 0.25) is 0 Å². The molecule has 0 N–H and O–H groups in total. The third kappa shape index (κ3) is 43.6. The molecule has 0 amide bonds. The molecular formula is C52H81NO8. The zero-order valence-electron chi connectivity index (χ0n) is 38.5. The highest BCUT2D eigenvalue weighted by atomic mass is 16.7. The molecule has 2 atom stereocenters. The molecule has 0 saturated carbocycles. The summed E-state index contributed by atoms with van der Waals surface area (Å²) in [6.45, 7) is 4.36. The van der Waals surface area contributed by atoms with Crippen molar-refractivity contribution in [2.75, 3.05) is 47.5 Å². The summed E-state index contributed by atoms with van der Waals surface area (Å²) in [4.78, 5) is 37.0. The van der Waals surface area contributed by atoms with Crippen molar-refractivity contribution in [3.05, 3.63) is 122 Å². The number of esters is 2. The number of carboxylic acids is 1. The van der Waals surface area contributed by atoms with Crippen LogP contribution >= 0.6 is 0 Å². The van der Waals surface area contributed by atoms with E-state index < -0.39 is 30.3 Å². The molecule has 2 unspecified atom stereocenters. The van der Waals surface area contributed by atoms with E-state index in [4.69, 9.17) is 18.9 Å². The lowest BCUT2D eigenvalue weighted by molar-refractivity contribution is -0.870. The molecule has 0 saturated heterocycles. The van der Waals surface area contributed by atoms with Gasteiger partial charge >= 0.3 is 11.9 Å². The van der Waals surface area contributed by atoms with Gasteiger partial charge in [0.15, 0.2) is 12.4 Å². The summed E-state index contributed by atoms with van der Waals surface area (Å²) in [6.07, 6.45) is 55.2. The number of rotatable bonds is 39. The number of quaternary nitrogens is 1. The fourth-order valence-corrected chi connectivity index (χ4v) is 5.24. The maximum absolute atomic E-state index is 12.8. The van der Waals surface area contributed by atoms with Gasteiger partial charge in [0, 0.05) is 12.8 Å². The topological polar surface area (TPSA) is 111 Å². The molecule has 9 nitrogen and oxygen atoms in total. The zero-order chi connectivity index (χ0) is 44.9. The fourth-order valence-electron chi connectivity index (χ4n) is 5.24. The Morgan fingerprint density at radius 3 is 1.33 bits per heavy atom. The molecule has 0 aliphatic carbocycles. The number of allylic oxidation sites excluding steroid dienone is 20. The maximum atomic E-state index is 12.8. The smallest absolute Gasteiger partial charge is 0.306 e. The lowest BCUT2D eigenvalue weighted by atomic mass is 10.1. The summed E-state index contributed by atoms with van der Waals surface area (Å²) < 4.78 is 22.4. The maximum Gasteiger partial charge on any atom is 0.306 e. The van der Waals surface area contributed by atoms with Gasteiger partial charge in [0.25, 0.3) is 0 Å². The Bertz CT molecular complexity index is 1410. The minimum atomic E-state index is -1.65. The predicted octanol–water partition coefficient (Wildman–Crippen LogP) is 10.9. The summed E-state index contributed by atoms with van der Waals surface area (Å²) >= 11 is 0. The van der Waals surface area contributed by atoms with E-state index in [1.54, 1.807) is 0 Å². The van der Waals surface area contributed by atoms with Crippen LogP contribution in [0, 0.1) is 0 Å². The highest BCUT2D eigenvalue weighted by Gasteiger charge is 2.21. The SMILES string of the molecule is CC/C=C\C/C=C\C/C=C\C/C=C\C/C=C\CCCCCC(=O)OC(COC(=O)CCC/C=C\C/C=C\C/C=C\C/C=C\C/C=C\CC)COC(OCC[N+](C)(C)C)C(=O)[O-]. The Balaban J connectivity index is 4.62. The van der Waals surface area contributed by atoms with Gasteiger partial charge in [-0.25, -0.2) is 0 Å². The molecule has 0 aromatic carbocycles. The molecular weight excluding hydrogens is 767 g/mol. The van der Waals surface area contributed by atoms with Crippen LogP contribution < -0.4 is 5.11 Å². The Kier molecular flexibility index (Phi) is 39.4. The van der Waals surface area contributed by atoms with Crippen LogP contribution in [0.2, 0.25) is 0 Å². The molecule has 61 heavy (non-hydrogen) atoms. The van der Waals surface area contributed by atoms with E-state index in [-0.39, 0.29) is 32.7 Å². The summed E-state index contributed by atoms with van der Waals surface area (Å²) in [5.41, 5.74) is 0. The van der Waals surface area contributed by atoms with E-state index >= 15 is 0 Å². The van der Waals surface area contributed by atoms with Crippen LogP contribution in [0.3, 0.4) is 0 Å². The quantitative estimate of drug-likeness (QED) is 0.0198. The second-order valence-electron chi connectivity index (χ2n) is 15.6. The van der Waals surface area contributed by atoms with Crippen molar-refractivity contribution in [3.63, 3.8) is 0 Å². The number of likely N-dealkylation sites (N-methyl/N-ethyl adjacent to an activating group) is 1. The summed E-state index contributed by atoms with van der Waals surface area (Å²) in [7, 11) is 5.86. The van der Waals surface area contributed by atoms with Crippen molar-refractivity contribution in [1.82, 2.24) is 0 Å². The lowest BCUT2D eigenvalue weighted by Gasteiger charge is -2.26. The van der Waals surface area contributed by atoms with Crippen LogP contribution in [0.5, 0.6) is 0 Å². The number of ether oxygens (including phenoxy) is 4. The Hall–Kier alpha value is -4.31. The van der Waals surface area contributed by atoms with Gasteiger partial charge in [-0.2, -0.15) is 0 Å². The van der Waals surface area contributed by atoms with Gasteiger partial charge in [-0.1, -0.05) is 142 Å². The van der Waals surface area contributed by atoms with E-state index in [1.165, 1.54) is 0 Å². The number of unbranched alkanes of at least 4 members (excludes halogenated alkanes) is 4. The normalized spacial score (nSPS) is 14.0. The molecule has 0 spiro atoms. The predicted molar refractivity (Wildman–Crippen MR) is 250 cm³/mol. The number of nitrogens with zero attached hydrogens (tertiary/aromatic N) is 1. The van der Waals surface area contributed by atoms with Crippen LogP contribution in [0.25, 0.3) is 0 Å². The van der Waals surface area contributed by atoms with Crippen molar-refractivity contribution in [2.45, 2.75) is 142 Å². The molecule has 9 heteroatoms. The lowest BCUT2D eigenvalue weighted by Crippen LogP contribution is -2.44. The molecule has 0 aliphatic heterocycles. The van der Waals surface area contributed by atoms with Crippen molar-refractivity contribution in [1.29, 1.82) is 0 Å². The van der Waals surface area contributed by atoms with Crippen molar-refractivity contribution >= 4 is 17.9 Å². The van der Waals surface area contributed by atoms with Crippen LogP contribution in [0.1, 0.15) is 129 Å². The largest absolute Gasteiger partial charge is 0.545 e. The molecule has 0 heterocycles. The van der Waals surface area contributed by atoms with Crippen LogP contribution in [0.15, 0.2) is 122 Å². The van der Waals surface area contributed by atoms with Crippen LogP contribution in [-0.2, 0) is 33.3 Å². The number of aliphatic carboxylic acids is 1. The number of carbonyl (C=O) groups excluding carboxylic acids is 3. The molecule has 0 aromatic rings. The molecule has 0 radical (unpaired) electrons. The van der Waals surface area contributed by atoms with Crippen LogP contribution in [-0.4, -0.2) is 82.3 Å². The molecule has 342 valence electrons. The first-order valence-electron chi connectivity index (χ1n) is 22.7. The second kappa shape index (κ2) is 42.4. The van der Waals surface area contributed by atoms with Gasteiger partial charge < -0.3 is 33.3 Å². The van der Waals surface area contributed by atoms with Gasteiger partial charge in [0.1, 0.15) is 13.2 Å². The molecule has 0 aromatic heterocycles. The fraction of sp³-hybridized carbons (Fsp3) is 0.558. The zero-order valence-corrected chi connectivity index (χ0v) is 38.5. The molecule has 0 aliphatic rings. The Labute approximate surface area is 370 Å². The van der Waals surface area contributed by atoms with E-state index in [9.17, 15) is 19.5 Å². The van der Waals surface area contributed by atoms with Crippen molar-refractivity contribution in [2.24, 2.45) is 0 Å². The monoisotopic (exact) mass is 848 g/mol. The van der Waals surface area contributed by atoms with Gasteiger partial charge in [0.05, 0.1) is 40.3 Å². The van der Waals surface area contributed by atoms with Gasteiger partial charge in [-0.15, -0.1) is 0 Å². The van der Waals surface area contributed by atoms with Gasteiger partial charge in [-0.3, -0.25) is 9.59 Å². The van der Waals surface area contributed by atoms with E-state index in [0.29, 0.717) is 23.9 Å². The Morgan fingerprint density at radius 1 is 0.492 bits per heavy atom. The van der Waals surface area contributed by atoms with E-state index in [1.807, 2.05) is 27.2 Å². The number of carbonyl (C=O) groups is 3. The first-order valence-corrected chi connectivity index (χ1v) is 22.7. The minimum absolute atomic E-state index is 0.124. The Morgan fingerprint density at radius 2 is 0.902 bits per heavy atom. The number of hydrogen-bond acceptors (Lipinski definition) is 8. The van der Waals surface area contributed by atoms with E-state index in [0.717, 1.165) is 89.9 Å². The average Bonchev–Trinajstić information content (AvgIpc) is 3.22. The molecule has 0 fully saturated rings. The average molecular weight is 848 g/mol. The first-order chi connectivity index (χ1) is 29.6.